The van der Waals surface area contributed by atoms with Gasteiger partial charge in [0.05, 0.1) is 6.26 Å². The minimum Gasteiger partial charge on any atom is -0.449 e. The summed E-state index contributed by atoms with van der Waals surface area (Å²) >= 11 is 0. The molecule has 5 nitrogen and oxygen atoms in total. The van der Waals surface area contributed by atoms with Crippen LogP contribution in [0.5, 0.6) is 0 Å². The first-order chi connectivity index (χ1) is 7.84. The molecule has 0 saturated heterocycles. The van der Waals surface area contributed by atoms with Crippen LogP contribution < -0.4 is 10.6 Å². The van der Waals surface area contributed by atoms with Crippen LogP contribution in [0.25, 0.3) is 0 Å². The summed E-state index contributed by atoms with van der Waals surface area (Å²) in [4.78, 5) is 15.3. The highest BCUT2D eigenvalue weighted by Gasteiger charge is 2.02. The molecule has 0 aliphatic heterocycles. The second kappa shape index (κ2) is 4.97. The van der Waals surface area contributed by atoms with Gasteiger partial charge in [-0.1, -0.05) is 6.07 Å². The molecule has 0 fully saturated rings. The first kappa shape index (κ1) is 10.2. The second-order valence-electron chi connectivity index (χ2n) is 3.15. The third-order valence-electron chi connectivity index (χ3n) is 1.93. The predicted molar refractivity (Wildman–Crippen MR) is 58.8 cm³/mol. The van der Waals surface area contributed by atoms with Gasteiger partial charge >= 0.3 is 6.03 Å². The Kier molecular flexibility index (Phi) is 3.18. The molecule has 0 unspecified atom stereocenters. The van der Waals surface area contributed by atoms with Gasteiger partial charge in [0.15, 0.2) is 0 Å². The Bertz CT molecular complexity index is 440. The summed E-state index contributed by atoms with van der Waals surface area (Å²) in [7, 11) is 0. The Morgan fingerprint density at radius 1 is 1.38 bits per heavy atom. The number of amides is 2. The molecule has 2 aromatic rings. The van der Waals surface area contributed by atoms with Crippen LogP contribution in [0.2, 0.25) is 0 Å². The minimum atomic E-state index is -0.307. The van der Waals surface area contributed by atoms with E-state index in [0.717, 1.165) is 5.56 Å². The van der Waals surface area contributed by atoms with E-state index in [9.17, 15) is 4.79 Å². The second-order valence-corrected chi connectivity index (χ2v) is 3.15. The van der Waals surface area contributed by atoms with E-state index in [-0.39, 0.29) is 6.03 Å². The van der Waals surface area contributed by atoms with E-state index in [2.05, 4.69) is 15.6 Å². The van der Waals surface area contributed by atoms with Gasteiger partial charge in [0, 0.05) is 25.0 Å². The number of hydrogen-bond acceptors (Lipinski definition) is 3. The van der Waals surface area contributed by atoms with E-state index in [0.29, 0.717) is 12.4 Å². The molecule has 0 aliphatic carbocycles. The van der Waals surface area contributed by atoms with Crippen LogP contribution in [0.4, 0.5) is 10.7 Å². The zero-order valence-electron chi connectivity index (χ0n) is 8.51. The molecule has 0 aromatic carbocycles. The number of furan rings is 1. The van der Waals surface area contributed by atoms with Crippen molar-refractivity contribution in [3.8, 4) is 0 Å². The van der Waals surface area contributed by atoms with E-state index in [1.807, 2.05) is 12.1 Å². The summed E-state index contributed by atoms with van der Waals surface area (Å²) in [5.74, 6) is 0.420. The first-order valence-corrected chi connectivity index (χ1v) is 4.82. The molecule has 0 atom stereocenters. The minimum absolute atomic E-state index is 0.307. The Balaban J connectivity index is 1.80. The van der Waals surface area contributed by atoms with Crippen molar-refractivity contribution in [2.45, 2.75) is 6.54 Å². The van der Waals surface area contributed by atoms with Crippen molar-refractivity contribution in [3.05, 3.63) is 48.5 Å². The van der Waals surface area contributed by atoms with Gasteiger partial charge < -0.3 is 9.73 Å². The van der Waals surface area contributed by atoms with Crippen molar-refractivity contribution < 1.29 is 9.21 Å². The molecule has 16 heavy (non-hydrogen) atoms. The van der Waals surface area contributed by atoms with Crippen molar-refractivity contribution in [1.82, 2.24) is 10.3 Å². The standard InChI is InChI=1S/C11H11N3O2/c15-11(14-10-4-2-6-16-10)13-8-9-3-1-5-12-7-9/h1-7H,8H2,(H2,13,14,15). The lowest BCUT2D eigenvalue weighted by molar-refractivity contribution is 0.251. The fourth-order valence-corrected chi connectivity index (χ4v) is 1.19. The van der Waals surface area contributed by atoms with Crippen LogP contribution in [0.15, 0.2) is 47.3 Å². The van der Waals surface area contributed by atoms with Gasteiger partial charge in [-0.25, -0.2) is 4.79 Å². The zero-order valence-corrected chi connectivity index (χ0v) is 8.51. The Morgan fingerprint density at radius 3 is 3.00 bits per heavy atom. The van der Waals surface area contributed by atoms with Crippen LogP contribution in [-0.2, 0) is 6.54 Å². The third-order valence-corrected chi connectivity index (χ3v) is 1.93. The van der Waals surface area contributed by atoms with Crippen LogP contribution in [0.3, 0.4) is 0 Å². The number of nitrogens with one attached hydrogen (secondary N) is 2. The molecule has 2 N–H and O–H groups in total. The summed E-state index contributed by atoms with van der Waals surface area (Å²) in [5.41, 5.74) is 0.942. The quantitative estimate of drug-likeness (QED) is 0.826. The average molecular weight is 217 g/mol. The molecule has 0 spiro atoms. The van der Waals surface area contributed by atoms with Gasteiger partial charge in [-0.05, 0) is 17.7 Å². The average Bonchev–Trinajstić information content (AvgIpc) is 2.81. The zero-order chi connectivity index (χ0) is 11.2. The fourth-order valence-electron chi connectivity index (χ4n) is 1.19. The molecule has 0 bridgehead atoms. The lowest BCUT2D eigenvalue weighted by Gasteiger charge is -2.04. The van der Waals surface area contributed by atoms with Crippen LogP contribution >= 0.6 is 0 Å². The number of rotatable bonds is 3. The summed E-state index contributed by atoms with van der Waals surface area (Å²) in [6.45, 7) is 0.431. The largest absolute Gasteiger partial charge is 0.449 e. The van der Waals surface area contributed by atoms with Gasteiger partial charge in [-0.15, -0.1) is 0 Å². The van der Waals surface area contributed by atoms with E-state index in [4.69, 9.17) is 4.42 Å². The SMILES string of the molecule is O=C(NCc1cccnc1)Nc1ccco1. The van der Waals surface area contributed by atoms with Gasteiger partial charge in [0.25, 0.3) is 0 Å². The van der Waals surface area contributed by atoms with Crippen molar-refractivity contribution in [2.75, 3.05) is 5.32 Å². The lowest BCUT2D eigenvalue weighted by Crippen LogP contribution is -2.27. The molecule has 0 radical (unpaired) electrons. The molecule has 0 aliphatic rings. The number of pyridine rings is 1. The topological polar surface area (TPSA) is 67.2 Å². The molecule has 82 valence electrons. The van der Waals surface area contributed by atoms with Crippen LogP contribution in [0, 0.1) is 0 Å². The highest BCUT2D eigenvalue weighted by atomic mass is 16.3. The predicted octanol–water partition coefficient (Wildman–Crippen LogP) is 2.00. The number of urea groups is 1. The van der Waals surface area contributed by atoms with Gasteiger partial charge in [-0.2, -0.15) is 0 Å². The summed E-state index contributed by atoms with van der Waals surface area (Å²) < 4.78 is 4.97. The molecule has 2 rings (SSSR count). The number of anilines is 1. The number of aromatic nitrogens is 1. The molecule has 0 saturated carbocycles. The smallest absolute Gasteiger partial charge is 0.321 e. The number of carbonyl (C=O) groups excluding carboxylic acids is 1. The molecule has 2 amide bonds. The van der Waals surface area contributed by atoms with E-state index in [1.165, 1.54) is 6.26 Å². The van der Waals surface area contributed by atoms with E-state index >= 15 is 0 Å². The lowest BCUT2D eigenvalue weighted by atomic mass is 10.3. The highest BCUT2D eigenvalue weighted by Crippen LogP contribution is 2.05. The van der Waals surface area contributed by atoms with Gasteiger partial charge in [-0.3, -0.25) is 10.3 Å². The third kappa shape index (κ3) is 2.84. The fraction of sp³-hybridized carbons (Fsp3) is 0.0909. The highest BCUT2D eigenvalue weighted by molar-refractivity contribution is 5.87. The molecular weight excluding hydrogens is 206 g/mol. The molecular formula is C11H11N3O2. The normalized spacial score (nSPS) is 9.75. The molecule has 2 aromatic heterocycles. The maximum absolute atomic E-state index is 11.4. The van der Waals surface area contributed by atoms with Crippen molar-refractivity contribution in [2.24, 2.45) is 0 Å². The maximum Gasteiger partial charge on any atom is 0.321 e. The Morgan fingerprint density at radius 2 is 2.31 bits per heavy atom. The van der Waals surface area contributed by atoms with Gasteiger partial charge in [0.2, 0.25) is 5.88 Å². The summed E-state index contributed by atoms with van der Waals surface area (Å²) in [6, 6.07) is 6.78. The monoisotopic (exact) mass is 217 g/mol. The Labute approximate surface area is 92.5 Å². The van der Waals surface area contributed by atoms with E-state index < -0.39 is 0 Å². The maximum atomic E-state index is 11.4. The summed E-state index contributed by atoms with van der Waals surface area (Å²) in [5, 5.41) is 5.24. The van der Waals surface area contributed by atoms with Crippen molar-refractivity contribution >= 4 is 11.9 Å². The first-order valence-electron chi connectivity index (χ1n) is 4.82. The Hall–Kier alpha value is -2.30. The van der Waals surface area contributed by atoms with Gasteiger partial charge in [0.1, 0.15) is 0 Å². The molecule has 5 heteroatoms. The number of carbonyl (C=O) groups is 1. The summed E-state index contributed by atoms with van der Waals surface area (Å²) in [6.07, 6.45) is 4.89. The van der Waals surface area contributed by atoms with E-state index in [1.54, 1.807) is 24.5 Å². The number of nitrogens with zero attached hydrogens (tertiary/aromatic N) is 1. The number of hydrogen-bond donors (Lipinski definition) is 2. The molecule has 2 heterocycles. The van der Waals surface area contributed by atoms with Crippen LogP contribution in [-0.4, -0.2) is 11.0 Å². The van der Waals surface area contributed by atoms with Crippen molar-refractivity contribution in [3.63, 3.8) is 0 Å². The van der Waals surface area contributed by atoms with Crippen LogP contribution in [0.1, 0.15) is 5.56 Å². The van der Waals surface area contributed by atoms with Crippen molar-refractivity contribution in [1.29, 1.82) is 0 Å².